The summed E-state index contributed by atoms with van der Waals surface area (Å²) in [4.78, 5) is 4.26. The number of nitrogens with two attached hydrogens (primary N) is 1. The van der Waals surface area contributed by atoms with Crippen molar-refractivity contribution in [3.05, 3.63) is 28.1 Å². The van der Waals surface area contributed by atoms with Gasteiger partial charge in [0.25, 0.3) is 0 Å². The molecule has 6 heteroatoms. The molecule has 106 valence electrons. The average Bonchev–Trinajstić information content (AvgIpc) is 2.96. The lowest BCUT2D eigenvalue weighted by Gasteiger charge is -2.20. The van der Waals surface area contributed by atoms with E-state index in [0.717, 1.165) is 24.8 Å². The SMILES string of the molecule is COc1c(-c2noc(CN)n2)cc2c(c1Cl)CCCC2. The minimum Gasteiger partial charge on any atom is -0.494 e. The molecule has 0 atom stereocenters. The normalized spacial score (nSPS) is 14.2. The first-order valence-electron chi connectivity index (χ1n) is 6.66. The van der Waals surface area contributed by atoms with Crippen molar-refractivity contribution >= 4 is 11.6 Å². The predicted molar refractivity (Wildman–Crippen MR) is 75.8 cm³/mol. The van der Waals surface area contributed by atoms with Crippen LogP contribution < -0.4 is 10.5 Å². The Morgan fingerprint density at radius 2 is 2.20 bits per heavy atom. The van der Waals surface area contributed by atoms with Gasteiger partial charge in [-0.05, 0) is 42.9 Å². The van der Waals surface area contributed by atoms with Crippen molar-refractivity contribution in [1.29, 1.82) is 0 Å². The summed E-state index contributed by atoms with van der Waals surface area (Å²) >= 11 is 6.49. The van der Waals surface area contributed by atoms with Gasteiger partial charge in [-0.25, -0.2) is 0 Å². The van der Waals surface area contributed by atoms with Crippen LogP contribution in [0.4, 0.5) is 0 Å². The number of rotatable bonds is 3. The van der Waals surface area contributed by atoms with Crippen LogP contribution in [0.25, 0.3) is 11.4 Å². The van der Waals surface area contributed by atoms with E-state index in [-0.39, 0.29) is 6.54 Å². The van der Waals surface area contributed by atoms with Crippen LogP contribution in [0.15, 0.2) is 10.6 Å². The lowest BCUT2D eigenvalue weighted by Crippen LogP contribution is -2.06. The standard InChI is InChI=1S/C14H16ClN3O2/c1-19-13-10(14-17-11(7-16)20-18-14)6-8-4-2-3-5-9(8)12(13)15/h6H,2-5,7,16H2,1H3. The second-order valence-electron chi connectivity index (χ2n) is 4.83. The van der Waals surface area contributed by atoms with Crippen molar-refractivity contribution in [2.45, 2.75) is 32.2 Å². The van der Waals surface area contributed by atoms with Gasteiger partial charge in [0, 0.05) is 0 Å². The number of halogens is 1. The quantitative estimate of drug-likeness (QED) is 0.942. The molecule has 2 aromatic rings. The zero-order valence-corrected chi connectivity index (χ0v) is 12.0. The molecule has 0 amide bonds. The average molecular weight is 294 g/mol. The van der Waals surface area contributed by atoms with Gasteiger partial charge in [-0.1, -0.05) is 16.8 Å². The molecule has 1 aromatic heterocycles. The number of fused-ring (bicyclic) bond motifs is 1. The molecule has 1 heterocycles. The molecule has 0 radical (unpaired) electrons. The molecule has 3 rings (SSSR count). The van der Waals surface area contributed by atoms with Gasteiger partial charge in [-0.3, -0.25) is 0 Å². The first-order valence-corrected chi connectivity index (χ1v) is 7.03. The number of ether oxygens (including phenoxy) is 1. The van der Waals surface area contributed by atoms with Crippen LogP contribution >= 0.6 is 11.6 Å². The van der Waals surface area contributed by atoms with Gasteiger partial charge in [-0.2, -0.15) is 4.98 Å². The van der Waals surface area contributed by atoms with Gasteiger partial charge < -0.3 is 15.0 Å². The first-order chi connectivity index (χ1) is 9.74. The van der Waals surface area contributed by atoms with Gasteiger partial charge in [0.1, 0.15) is 5.75 Å². The number of methoxy groups -OCH3 is 1. The first kappa shape index (κ1) is 13.4. The largest absolute Gasteiger partial charge is 0.494 e. The highest BCUT2D eigenvalue weighted by Crippen LogP contribution is 2.41. The zero-order valence-electron chi connectivity index (χ0n) is 11.3. The Kier molecular flexibility index (Phi) is 3.63. The molecule has 0 saturated carbocycles. The van der Waals surface area contributed by atoms with Crippen LogP contribution in [0.2, 0.25) is 5.02 Å². The predicted octanol–water partition coefficient (Wildman–Crippen LogP) is 2.74. The summed E-state index contributed by atoms with van der Waals surface area (Å²) in [6.45, 7) is 0.216. The lowest BCUT2D eigenvalue weighted by atomic mass is 9.89. The summed E-state index contributed by atoms with van der Waals surface area (Å²) in [6, 6.07) is 2.06. The molecule has 0 saturated heterocycles. The maximum absolute atomic E-state index is 6.49. The summed E-state index contributed by atoms with van der Waals surface area (Å²) in [5, 5.41) is 4.62. The van der Waals surface area contributed by atoms with Gasteiger partial charge in [0.05, 0.1) is 24.2 Å². The number of hydrogen-bond acceptors (Lipinski definition) is 5. The Labute approximate surface area is 122 Å². The number of benzene rings is 1. The highest BCUT2D eigenvalue weighted by atomic mass is 35.5. The van der Waals surface area contributed by atoms with E-state index in [0.29, 0.717) is 22.5 Å². The molecule has 0 unspecified atom stereocenters. The van der Waals surface area contributed by atoms with E-state index < -0.39 is 0 Å². The molecule has 1 aliphatic carbocycles. The highest BCUT2D eigenvalue weighted by Gasteiger charge is 2.23. The van der Waals surface area contributed by atoms with E-state index in [2.05, 4.69) is 16.2 Å². The molecular formula is C14H16ClN3O2. The van der Waals surface area contributed by atoms with Crippen molar-refractivity contribution in [1.82, 2.24) is 10.1 Å². The van der Waals surface area contributed by atoms with Crippen LogP contribution in [-0.4, -0.2) is 17.3 Å². The van der Waals surface area contributed by atoms with E-state index in [1.165, 1.54) is 17.5 Å². The summed E-state index contributed by atoms with van der Waals surface area (Å²) in [6.07, 6.45) is 4.35. The third-order valence-electron chi connectivity index (χ3n) is 3.63. The minimum atomic E-state index is 0.216. The minimum absolute atomic E-state index is 0.216. The molecule has 1 aliphatic rings. The summed E-state index contributed by atoms with van der Waals surface area (Å²) in [7, 11) is 1.60. The fourth-order valence-corrected chi connectivity index (χ4v) is 3.04. The summed E-state index contributed by atoms with van der Waals surface area (Å²) < 4.78 is 10.5. The topological polar surface area (TPSA) is 74.2 Å². The van der Waals surface area contributed by atoms with E-state index in [4.69, 9.17) is 26.6 Å². The Bertz CT molecular complexity index is 640. The Morgan fingerprint density at radius 1 is 1.40 bits per heavy atom. The third kappa shape index (κ3) is 2.17. The van der Waals surface area contributed by atoms with E-state index in [1.54, 1.807) is 7.11 Å². The van der Waals surface area contributed by atoms with Crippen molar-refractivity contribution in [2.75, 3.05) is 7.11 Å². The molecule has 0 aliphatic heterocycles. The van der Waals surface area contributed by atoms with Gasteiger partial charge >= 0.3 is 0 Å². The van der Waals surface area contributed by atoms with E-state index in [1.807, 2.05) is 0 Å². The zero-order chi connectivity index (χ0) is 14.1. The third-order valence-corrected chi connectivity index (χ3v) is 4.03. The second-order valence-corrected chi connectivity index (χ2v) is 5.21. The van der Waals surface area contributed by atoms with Crippen LogP contribution in [0.1, 0.15) is 29.9 Å². The Balaban J connectivity index is 2.16. The monoisotopic (exact) mass is 293 g/mol. The molecule has 20 heavy (non-hydrogen) atoms. The Hall–Kier alpha value is -1.59. The number of hydrogen-bond donors (Lipinski definition) is 1. The number of aromatic nitrogens is 2. The molecule has 1 aromatic carbocycles. The van der Waals surface area contributed by atoms with Gasteiger partial charge in [0.15, 0.2) is 0 Å². The summed E-state index contributed by atoms with van der Waals surface area (Å²) in [5.41, 5.74) is 8.69. The number of aryl methyl sites for hydroxylation is 1. The van der Waals surface area contributed by atoms with Crippen molar-refractivity contribution < 1.29 is 9.26 Å². The van der Waals surface area contributed by atoms with Crippen LogP contribution in [0.3, 0.4) is 0 Å². The highest BCUT2D eigenvalue weighted by molar-refractivity contribution is 6.33. The van der Waals surface area contributed by atoms with Crippen LogP contribution in [0.5, 0.6) is 5.75 Å². The summed E-state index contributed by atoms with van der Waals surface area (Å²) in [5.74, 6) is 1.48. The molecule has 0 bridgehead atoms. The van der Waals surface area contributed by atoms with Crippen LogP contribution in [0, 0.1) is 0 Å². The molecule has 0 spiro atoms. The van der Waals surface area contributed by atoms with E-state index in [9.17, 15) is 0 Å². The molecule has 0 fully saturated rings. The number of nitrogens with zero attached hydrogens (tertiary/aromatic N) is 2. The van der Waals surface area contributed by atoms with Crippen LogP contribution in [-0.2, 0) is 19.4 Å². The van der Waals surface area contributed by atoms with Gasteiger partial charge in [0.2, 0.25) is 11.7 Å². The molecular weight excluding hydrogens is 278 g/mol. The van der Waals surface area contributed by atoms with Crippen molar-refractivity contribution in [3.63, 3.8) is 0 Å². The maximum Gasteiger partial charge on any atom is 0.240 e. The fraction of sp³-hybridized carbons (Fsp3) is 0.429. The fourth-order valence-electron chi connectivity index (χ4n) is 2.65. The van der Waals surface area contributed by atoms with Crippen molar-refractivity contribution in [3.8, 4) is 17.1 Å². The van der Waals surface area contributed by atoms with E-state index >= 15 is 0 Å². The van der Waals surface area contributed by atoms with Crippen molar-refractivity contribution in [2.24, 2.45) is 5.73 Å². The molecule has 2 N–H and O–H groups in total. The Morgan fingerprint density at radius 3 is 2.90 bits per heavy atom. The molecule has 5 nitrogen and oxygen atoms in total. The maximum atomic E-state index is 6.49. The smallest absolute Gasteiger partial charge is 0.240 e. The van der Waals surface area contributed by atoms with Gasteiger partial charge in [-0.15, -0.1) is 0 Å². The lowest BCUT2D eigenvalue weighted by molar-refractivity contribution is 0.379. The second kappa shape index (κ2) is 5.42.